The Kier molecular flexibility index (Phi) is 5.84. The third-order valence-corrected chi connectivity index (χ3v) is 5.04. The number of methoxy groups -OCH3 is 1. The number of allylic oxidation sites excluding steroid dienone is 1. The number of nitrogens with one attached hydrogen (secondary N) is 2. The van der Waals surface area contributed by atoms with Crippen molar-refractivity contribution in [1.82, 2.24) is 25.6 Å². The summed E-state index contributed by atoms with van der Waals surface area (Å²) >= 11 is 0. The molecular formula is C22H21N5O5. The molecule has 1 aliphatic rings. The Morgan fingerprint density at radius 1 is 1.12 bits per heavy atom. The van der Waals surface area contributed by atoms with Crippen molar-refractivity contribution in [2.45, 2.75) is 19.5 Å². The predicted molar refractivity (Wildman–Crippen MR) is 115 cm³/mol. The lowest BCUT2D eigenvalue weighted by Gasteiger charge is -2.29. The molecule has 4 rings (SSSR count). The molecule has 1 aliphatic heterocycles. The fraction of sp³-hybridized carbons (Fsp3) is 0.227. The van der Waals surface area contributed by atoms with Crippen LogP contribution in [0.3, 0.4) is 0 Å². The minimum absolute atomic E-state index is 0.147. The van der Waals surface area contributed by atoms with Crippen LogP contribution in [-0.4, -0.2) is 40.7 Å². The first-order valence-corrected chi connectivity index (χ1v) is 9.96. The summed E-state index contributed by atoms with van der Waals surface area (Å²) < 4.78 is 11.5. The third kappa shape index (κ3) is 4.02. The van der Waals surface area contributed by atoms with Gasteiger partial charge in [0, 0.05) is 0 Å². The quantitative estimate of drug-likeness (QED) is 0.564. The van der Waals surface area contributed by atoms with Crippen LogP contribution in [0.25, 0.3) is 10.9 Å². The van der Waals surface area contributed by atoms with E-state index in [9.17, 15) is 14.4 Å². The molecule has 0 saturated heterocycles. The van der Waals surface area contributed by atoms with E-state index in [1.807, 2.05) is 0 Å². The second-order valence-corrected chi connectivity index (χ2v) is 6.99. The van der Waals surface area contributed by atoms with Gasteiger partial charge in [-0.05, 0) is 36.8 Å². The first kappa shape index (κ1) is 21.0. The van der Waals surface area contributed by atoms with Crippen molar-refractivity contribution in [2.75, 3.05) is 13.7 Å². The Balaban J connectivity index is 1.81. The van der Waals surface area contributed by atoms with Crippen LogP contribution in [0.1, 0.15) is 18.5 Å². The summed E-state index contributed by atoms with van der Waals surface area (Å²) in [5, 5.41) is 13.8. The molecule has 0 radical (unpaired) electrons. The number of carbonyl (C=O) groups excluding carboxylic acids is 2. The number of fused-ring (bicyclic) bond motifs is 1. The van der Waals surface area contributed by atoms with Gasteiger partial charge >= 0.3 is 12.0 Å². The molecule has 2 N–H and O–H groups in total. The standard InChI is InChI=1S/C22H21N5O5/c1-3-32-21(29)18-17(12-27-20(28)15-6-4-5-7-16(15)25-26-27)23-22(30)24-19(18)13-8-10-14(31-2)11-9-13/h4-11,19H,3,12H2,1-2H3,(H2,23,24,30). The van der Waals surface area contributed by atoms with Gasteiger partial charge in [-0.25, -0.2) is 14.3 Å². The molecule has 0 saturated carbocycles. The Hall–Kier alpha value is -4.21. The molecule has 0 aliphatic carbocycles. The van der Waals surface area contributed by atoms with Gasteiger partial charge in [0.2, 0.25) is 0 Å². The van der Waals surface area contributed by atoms with Gasteiger partial charge in [0.1, 0.15) is 11.3 Å². The number of ether oxygens (including phenoxy) is 2. The van der Waals surface area contributed by atoms with Crippen molar-refractivity contribution >= 4 is 22.9 Å². The van der Waals surface area contributed by atoms with E-state index in [0.29, 0.717) is 22.2 Å². The number of carbonyl (C=O) groups is 2. The van der Waals surface area contributed by atoms with Gasteiger partial charge in [-0.3, -0.25) is 4.79 Å². The van der Waals surface area contributed by atoms with E-state index in [1.54, 1.807) is 62.6 Å². The number of rotatable bonds is 6. The summed E-state index contributed by atoms with van der Waals surface area (Å²) in [7, 11) is 1.55. The fourth-order valence-corrected chi connectivity index (χ4v) is 3.52. The van der Waals surface area contributed by atoms with Crippen LogP contribution in [0.2, 0.25) is 0 Å². The highest BCUT2D eigenvalue weighted by atomic mass is 16.5. The molecule has 2 heterocycles. The molecule has 32 heavy (non-hydrogen) atoms. The van der Waals surface area contributed by atoms with Crippen molar-refractivity contribution in [3.05, 3.63) is 75.7 Å². The van der Waals surface area contributed by atoms with E-state index in [0.717, 1.165) is 4.68 Å². The summed E-state index contributed by atoms with van der Waals surface area (Å²) in [5.41, 5.74) is 1.11. The predicted octanol–water partition coefficient (Wildman–Crippen LogP) is 1.67. The molecule has 10 heteroatoms. The Bertz CT molecular complexity index is 1270. The van der Waals surface area contributed by atoms with Crippen molar-refractivity contribution in [3.8, 4) is 5.75 Å². The molecule has 3 aromatic rings. The number of nitrogens with zero attached hydrogens (tertiary/aromatic N) is 3. The van der Waals surface area contributed by atoms with Gasteiger partial charge < -0.3 is 20.1 Å². The largest absolute Gasteiger partial charge is 0.497 e. The van der Waals surface area contributed by atoms with E-state index in [2.05, 4.69) is 20.9 Å². The highest BCUT2D eigenvalue weighted by Crippen LogP contribution is 2.29. The molecule has 1 unspecified atom stereocenters. The zero-order chi connectivity index (χ0) is 22.7. The summed E-state index contributed by atoms with van der Waals surface area (Å²) in [6, 6.07) is 12.5. The number of hydrogen-bond donors (Lipinski definition) is 2. The molecular weight excluding hydrogens is 414 g/mol. The zero-order valence-corrected chi connectivity index (χ0v) is 17.5. The SMILES string of the molecule is CCOC(=O)C1=C(Cn2nnc3ccccc3c2=O)NC(=O)NC1c1ccc(OC)cc1. The average Bonchev–Trinajstić information content (AvgIpc) is 2.81. The molecule has 10 nitrogen and oxygen atoms in total. The van der Waals surface area contributed by atoms with Crippen molar-refractivity contribution in [3.63, 3.8) is 0 Å². The molecule has 1 atom stereocenters. The van der Waals surface area contributed by atoms with Gasteiger partial charge in [-0.15, -0.1) is 5.10 Å². The van der Waals surface area contributed by atoms with Gasteiger partial charge in [0.25, 0.3) is 5.56 Å². The summed E-state index contributed by atoms with van der Waals surface area (Å²) in [6.07, 6.45) is 0. The number of urea groups is 1. The van der Waals surface area contributed by atoms with Crippen molar-refractivity contribution in [2.24, 2.45) is 0 Å². The van der Waals surface area contributed by atoms with E-state index in [4.69, 9.17) is 9.47 Å². The van der Waals surface area contributed by atoms with Crippen LogP contribution in [0.5, 0.6) is 5.75 Å². The van der Waals surface area contributed by atoms with Crippen LogP contribution < -0.4 is 20.9 Å². The van der Waals surface area contributed by atoms with Gasteiger partial charge in [0.15, 0.2) is 0 Å². The van der Waals surface area contributed by atoms with Crippen LogP contribution in [0, 0.1) is 0 Å². The van der Waals surface area contributed by atoms with Crippen LogP contribution in [0.15, 0.2) is 64.6 Å². The maximum atomic E-state index is 12.9. The summed E-state index contributed by atoms with van der Waals surface area (Å²) in [6.45, 7) is 1.67. The summed E-state index contributed by atoms with van der Waals surface area (Å²) in [4.78, 5) is 38.2. The lowest BCUT2D eigenvalue weighted by Crippen LogP contribution is -2.47. The Labute approximate surface area is 182 Å². The van der Waals surface area contributed by atoms with E-state index < -0.39 is 18.0 Å². The lowest BCUT2D eigenvalue weighted by atomic mass is 9.95. The lowest BCUT2D eigenvalue weighted by molar-refractivity contribution is -0.139. The fourth-order valence-electron chi connectivity index (χ4n) is 3.52. The first-order chi connectivity index (χ1) is 15.5. The minimum atomic E-state index is -0.784. The van der Waals surface area contributed by atoms with Crippen LogP contribution >= 0.6 is 0 Å². The van der Waals surface area contributed by atoms with Gasteiger partial charge in [0.05, 0.1) is 43.0 Å². The second kappa shape index (κ2) is 8.88. The molecule has 0 fully saturated rings. The molecule has 0 bridgehead atoms. The Morgan fingerprint density at radius 2 is 1.88 bits per heavy atom. The van der Waals surface area contributed by atoms with E-state index in [1.165, 1.54) is 0 Å². The number of aromatic nitrogens is 3. The monoisotopic (exact) mass is 435 g/mol. The van der Waals surface area contributed by atoms with Crippen LogP contribution in [-0.2, 0) is 16.1 Å². The average molecular weight is 435 g/mol. The topological polar surface area (TPSA) is 124 Å². The van der Waals surface area contributed by atoms with Gasteiger partial charge in [-0.2, -0.15) is 0 Å². The zero-order valence-electron chi connectivity index (χ0n) is 17.5. The molecule has 164 valence electrons. The number of esters is 1. The molecule has 1 aromatic heterocycles. The highest BCUT2D eigenvalue weighted by Gasteiger charge is 2.34. The smallest absolute Gasteiger partial charge is 0.338 e. The molecule has 2 amide bonds. The normalized spacial score (nSPS) is 15.8. The van der Waals surface area contributed by atoms with E-state index in [-0.39, 0.29) is 30.0 Å². The second-order valence-electron chi connectivity index (χ2n) is 6.99. The first-order valence-electron chi connectivity index (χ1n) is 9.96. The van der Waals surface area contributed by atoms with Gasteiger partial charge in [-0.1, -0.05) is 29.5 Å². The number of benzene rings is 2. The molecule has 0 spiro atoms. The minimum Gasteiger partial charge on any atom is -0.497 e. The van der Waals surface area contributed by atoms with Crippen LogP contribution in [0.4, 0.5) is 4.79 Å². The Morgan fingerprint density at radius 3 is 2.59 bits per heavy atom. The molecule has 2 aromatic carbocycles. The number of amides is 2. The van der Waals surface area contributed by atoms with Crippen molar-refractivity contribution in [1.29, 1.82) is 0 Å². The highest BCUT2D eigenvalue weighted by molar-refractivity contribution is 5.95. The third-order valence-electron chi connectivity index (χ3n) is 5.04. The summed E-state index contributed by atoms with van der Waals surface area (Å²) in [5.74, 6) is 0.0199. The maximum absolute atomic E-state index is 12.9. The number of hydrogen-bond acceptors (Lipinski definition) is 7. The maximum Gasteiger partial charge on any atom is 0.338 e. The van der Waals surface area contributed by atoms with Crippen molar-refractivity contribution < 1.29 is 19.1 Å². The van der Waals surface area contributed by atoms with E-state index >= 15 is 0 Å².